The van der Waals surface area contributed by atoms with Gasteiger partial charge in [0.1, 0.15) is 5.75 Å². The molecule has 0 bridgehead atoms. The van der Waals surface area contributed by atoms with Crippen LogP contribution in [0.2, 0.25) is 0 Å². The Hall–Kier alpha value is -3.75. The molecule has 1 N–H and O–H groups in total. The average molecular weight is 385 g/mol. The highest BCUT2D eigenvalue weighted by molar-refractivity contribution is 5.83. The third kappa shape index (κ3) is 6.52. The second kappa shape index (κ2) is 10.4. The molecule has 0 aromatic heterocycles. The van der Waals surface area contributed by atoms with Gasteiger partial charge in [0.15, 0.2) is 6.61 Å². The number of rotatable bonds is 9. The molecular weight excluding hydrogens is 366 g/mol. The van der Waals surface area contributed by atoms with E-state index in [0.29, 0.717) is 23.5 Å². The van der Waals surface area contributed by atoms with Gasteiger partial charge in [-0.25, -0.2) is 10.2 Å². The van der Waals surface area contributed by atoms with Crippen LogP contribution in [-0.4, -0.2) is 36.2 Å². The minimum absolute atomic E-state index is 0.111. The summed E-state index contributed by atoms with van der Waals surface area (Å²) in [6.07, 6.45) is 1.27. The molecule has 0 spiro atoms. The highest BCUT2D eigenvalue weighted by Crippen LogP contribution is 2.18. The van der Waals surface area contributed by atoms with Gasteiger partial charge in [-0.1, -0.05) is 18.2 Å². The molecule has 0 saturated carbocycles. The Bertz CT molecular complexity index is 864. The Morgan fingerprint density at radius 3 is 2.57 bits per heavy atom. The van der Waals surface area contributed by atoms with Crippen molar-refractivity contribution in [1.82, 2.24) is 5.43 Å². The third-order valence-electron chi connectivity index (χ3n) is 3.48. The summed E-state index contributed by atoms with van der Waals surface area (Å²) in [6.45, 7) is 1.83. The number of ether oxygens (including phenoxy) is 2. The van der Waals surface area contributed by atoms with Gasteiger partial charge in [0.05, 0.1) is 24.2 Å². The van der Waals surface area contributed by atoms with Gasteiger partial charge in [0.25, 0.3) is 5.69 Å². The molecule has 0 aliphatic heterocycles. The average Bonchev–Trinajstić information content (AvgIpc) is 2.68. The lowest BCUT2D eigenvalue weighted by molar-refractivity contribution is -0.385. The van der Waals surface area contributed by atoms with E-state index in [4.69, 9.17) is 9.47 Å². The number of nitro benzene ring substituents is 1. The molecule has 2 aromatic carbocycles. The lowest BCUT2D eigenvalue weighted by atomic mass is 10.1. The fourth-order valence-electron chi connectivity index (χ4n) is 2.22. The first-order chi connectivity index (χ1) is 13.5. The van der Waals surface area contributed by atoms with Crippen LogP contribution >= 0.6 is 0 Å². The number of carbonyl (C=O) groups is 2. The highest BCUT2D eigenvalue weighted by atomic mass is 16.6. The van der Waals surface area contributed by atoms with Crippen molar-refractivity contribution in [2.75, 3.05) is 13.2 Å². The van der Waals surface area contributed by atoms with E-state index in [-0.39, 0.29) is 18.7 Å². The Kier molecular flexibility index (Phi) is 7.64. The minimum Gasteiger partial charge on any atom is -0.482 e. The quantitative estimate of drug-likeness (QED) is 0.306. The van der Waals surface area contributed by atoms with Gasteiger partial charge >= 0.3 is 5.97 Å². The van der Waals surface area contributed by atoms with Crippen LogP contribution in [0.15, 0.2) is 53.6 Å². The van der Waals surface area contributed by atoms with Gasteiger partial charge in [0, 0.05) is 11.6 Å². The third-order valence-corrected chi connectivity index (χ3v) is 3.48. The van der Waals surface area contributed by atoms with Crippen molar-refractivity contribution < 1.29 is 24.0 Å². The maximum Gasteiger partial charge on any atom is 0.344 e. The van der Waals surface area contributed by atoms with E-state index in [1.807, 2.05) is 0 Å². The second-order valence-corrected chi connectivity index (χ2v) is 5.52. The first kappa shape index (κ1) is 20.6. The molecule has 9 nitrogen and oxygen atoms in total. The normalized spacial score (nSPS) is 10.5. The van der Waals surface area contributed by atoms with Crippen LogP contribution in [0.25, 0.3) is 0 Å². The van der Waals surface area contributed by atoms with Gasteiger partial charge in [0.2, 0.25) is 5.91 Å². The fourth-order valence-corrected chi connectivity index (χ4v) is 2.22. The van der Waals surface area contributed by atoms with E-state index in [0.717, 1.165) is 0 Å². The smallest absolute Gasteiger partial charge is 0.344 e. The highest BCUT2D eigenvalue weighted by Gasteiger charge is 2.14. The van der Waals surface area contributed by atoms with Crippen molar-refractivity contribution in [2.24, 2.45) is 5.10 Å². The number of hydrogen-bond acceptors (Lipinski definition) is 7. The maximum atomic E-state index is 11.9. The molecule has 2 aromatic rings. The monoisotopic (exact) mass is 385 g/mol. The summed E-state index contributed by atoms with van der Waals surface area (Å²) in [5.41, 5.74) is 3.22. The number of nitro groups is 1. The predicted octanol–water partition coefficient (Wildman–Crippen LogP) is 2.23. The Morgan fingerprint density at radius 2 is 1.89 bits per heavy atom. The Labute approximate surface area is 161 Å². The fraction of sp³-hybridized carbons (Fsp3) is 0.211. The summed E-state index contributed by atoms with van der Waals surface area (Å²) in [7, 11) is 0. The van der Waals surface area contributed by atoms with Crippen molar-refractivity contribution in [3.8, 4) is 5.75 Å². The summed E-state index contributed by atoms with van der Waals surface area (Å²) < 4.78 is 10.0. The molecule has 146 valence electrons. The number of carbonyl (C=O) groups excluding carboxylic acids is 2. The summed E-state index contributed by atoms with van der Waals surface area (Å²) in [5, 5.41) is 14.8. The molecule has 2 rings (SSSR count). The van der Waals surface area contributed by atoms with Crippen LogP contribution in [-0.2, 0) is 20.7 Å². The zero-order valence-electron chi connectivity index (χ0n) is 15.2. The van der Waals surface area contributed by atoms with Gasteiger partial charge < -0.3 is 9.47 Å². The second-order valence-electron chi connectivity index (χ2n) is 5.52. The van der Waals surface area contributed by atoms with E-state index in [1.54, 1.807) is 37.3 Å². The van der Waals surface area contributed by atoms with Gasteiger partial charge in [-0.05, 0) is 36.8 Å². The van der Waals surface area contributed by atoms with Crippen molar-refractivity contribution >= 4 is 23.8 Å². The minimum atomic E-state index is -0.530. The largest absolute Gasteiger partial charge is 0.482 e. The van der Waals surface area contributed by atoms with E-state index >= 15 is 0 Å². The first-order valence-corrected chi connectivity index (χ1v) is 8.42. The number of hydrazone groups is 1. The number of nitrogens with zero attached hydrogens (tertiary/aromatic N) is 2. The van der Waals surface area contributed by atoms with E-state index in [9.17, 15) is 19.7 Å². The Morgan fingerprint density at radius 1 is 1.18 bits per heavy atom. The van der Waals surface area contributed by atoms with Crippen molar-refractivity contribution in [3.63, 3.8) is 0 Å². The molecule has 28 heavy (non-hydrogen) atoms. The number of esters is 1. The molecule has 0 saturated heterocycles. The van der Waals surface area contributed by atoms with Gasteiger partial charge in [-0.3, -0.25) is 14.9 Å². The molecule has 0 aliphatic rings. The number of para-hydroxylation sites is 1. The summed E-state index contributed by atoms with van der Waals surface area (Å²) >= 11 is 0. The maximum absolute atomic E-state index is 11.9. The van der Waals surface area contributed by atoms with Gasteiger partial charge in [-0.2, -0.15) is 5.10 Å². The van der Waals surface area contributed by atoms with Crippen LogP contribution in [0, 0.1) is 10.1 Å². The number of benzene rings is 2. The zero-order chi connectivity index (χ0) is 20.4. The van der Waals surface area contributed by atoms with Crippen LogP contribution < -0.4 is 10.2 Å². The van der Waals surface area contributed by atoms with Crippen LogP contribution in [0.1, 0.15) is 18.1 Å². The molecule has 0 heterocycles. The van der Waals surface area contributed by atoms with E-state index in [1.165, 1.54) is 24.4 Å². The van der Waals surface area contributed by atoms with Crippen LogP contribution in [0.4, 0.5) is 5.69 Å². The summed E-state index contributed by atoms with van der Waals surface area (Å²) in [6, 6.07) is 12.7. The zero-order valence-corrected chi connectivity index (χ0v) is 15.2. The number of hydrogen-bond donors (Lipinski definition) is 1. The predicted molar refractivity (Wildman–Crippen MR) is 101 cm³/mol. The molecule has 9 heteroatoms. The Balaban J connectivity index is 1.85. The molecular formula is C19H19N3O6. The van der Waals surface area contributed by atoms with Crippen molar-refractivity contribution in [3.05, 3.63) is 69.8 Å². The van der Waals surface area contributed by atoms with Gasteiger partial charge in [-0.15, -0.1) is 0 Å². The lowest BCUT2D eigenvalue weighted by Crippen LogP contribution is -2.20. The van der Waals surface area contributed by atoms with Crippen LogP contribution in [0.3, 0.4) is 0 Å². The van der Waals surface area contributed by atoms with E-state index in [2.05, 4.69) is 10.5 Å². The van der Waals surface area contributed by atoms with Crippen molar-refractivity contribution in [1.29, 1.82) is 0 Å². The number of nitrogens with one attached hydrogen (secondary N) is 1. The molecule has 0 radical (unpaired) electrons. The summed E-state index contributed by atoms with van der Waals surface area (Å²) in [5.74, 6) is -0.430. The molecule has 0 aliphatic carbocycles. The molecule has 0 atom stereocenters. The molecule has 0 fully saturated rings. The van der Waals surface area contributed by atoms with E-state index < -0.39 is 16.8 Å². The molecule has 0 unspecified atom stereocenters. The van der Waals surface area contributed by atoms with Crippen molar-refractivity contribution in [2.45, 2.75) is 13.3 Å². The number of amides is 1. The topological polar surface area (TPSA) is 120 Å². The SMILES string of the molecule is CCOC(=O)COc1ccc(/C=N/NC(=O)Cc2ccccc2[N+](=O)[O-])cc1. The standard InChI is InChI=1S/C19H19N3O6/c1-2-27-19(24)13-28-16-9-7-14(8-10-16)12-20-21-18(23)11-15-5-3-4-6-17(15)22(25)26/h3-10,12H,2,11,13H2,1H3,(H,21,23)/b20-12+. The molecule has 1 amide bonds. The summed E-state index contributed by atoms with van der Waals surface area (Å²) in [4.78, 5) is 33.6. The lowest BCUT2D eigenvalue weighted by Gasteiger charge is -2.05. The first-order valence-electron chi connectivity index (χ1n) is 8.42. The van der Waals surface area contributed by atoms with Crippen LogP contribution in [0.5, 0.6) is 5.75 Å².